The Hall–Kier alpha value is -1.84. The lowest BCUT2D eigenvalue weighted by atomic mass is 9.97. The van der Waals surface area contributed by atoms with Gasteiger partial charge in [0.05, 0.1) is 12.1 Å². The second kappa shape index (κ2) is 7.37. The highest BCUT2D eigenvalue weighted by molar-refractivity contribution is 5.52. The molecular formula is C21H28N2O. The van der Waals surface area contributed by atoms with Crippen molar-refractivity contribution in [2.24, 2.45) is 0 Å². The molecule has 1 saturated heterocycles. The van der Waals surface area contributed by atoms with E-state index in [1.807, 2.05) is 0 Å². The van der Waals surface area contributed by atoms with Gasteiger partial charge in [-0.25, -0.2) is 0 Å². The van der Waals surface area contributed by atoms with Gasteiger partial charge in [-0.05, 0) is 44.4 Å². The Labute approximate surface area is 145 Å². The first-order chi connectivity index (χ1) is 11.5. The summed E-state index contributed by atoms with van der Waals surface area (Å²) >= 11 is 0. The number of aliphatic hydroxyl groups excluding tert-OH is 1. The third-order valence-electron chi connectivity index (χ3n) is 5.16. The Morgan fingerprint density at radius 2 is 1.88 bits per heavy atom. The number of aryl methyl sites for hydroxylation is 2. The lowest BCUT2D eigenvalue weighted by molar-refractivity contribution is 0.0527. The highest BCUT2D eigenvalue weighted by atomic mass is 16.3. The van der Waals surface area contributed by atoms with Crippen LogP contribution >= 0.6 is 0 Å². The molecule has 0 aromatic heterocycles. The average Bonchev–Trinajstić information content (AvgIpc) is 2.59. The van der Waals surface area contributed by atoms with Crippen LogP contribution in [0, 0.1) is 13.8 Å². The fourth-order valence-corrected chi connectivity index (χ4v) is 3.58. The molecule has 0 saturated carbocycles. The predicted molar refractivity (Wildman–Crippen MR) is 100 cm³/mol. The van der Waals surface area contributed by atoms with E-state index in [2.05, 4.69) is 79.5 Å². The van der Waals surface area contributed by atoms with Crippen LogP contribution in [-0.2, 0) is 0 Å². The molecule has 1 aliphatic heterocycles. The van der Waals surface area contributed by atoms with Gasteiger partial charge in [0.2, 0.25) is 0 Å². The molecule has 3 heteroatoms. The molecule has 0 bridgehead atoms. The van der Waals surface area contributed by atoms with E-state index in [0.29, 0.717) is 6.04 Å². The lowest BCUT2D eigenvalue weighted by Gasteiger charge is -2.40. The summed E-state index contributed by atoms with van der Waals surface area (Å²) in [5, 5.41) is 14.0. The Balaban J connectivity index is 1.71. The van der Waals surface area contributed by atoms with E-state index in [-0.39, 0.29) is 12.1 Å². The zero-order valence-electron chi connectivity index (χ0n) is 14.9. The minimum absolute atomic E-state index is 0.0614. The van der Waals surface area contributed by atoms with E-state index in [1.54, 1.807) is 0 Å². The second-order valence-corrected chi connectivity index (χ2v) is 7.01. The van der Waals surface area contributed by atoms with Crippen LogP contribution < -0.4 is 5.32 Å². The van der Waals surface area contributed by atoms with E-state index >= 15 is 0 Å². The summed E-state index contributed by atoms with van der Waals surface area (Å²) in [6.07, 6.45) is 0.504. The van der Waals surface area contributed by atoms with Crippen LogP contribution in [0.25, 0.3) is 0 Å². The van der Waals surface area contributed by atoms with Crippen LogP contribution in [0.3, 0.4) is 0 Å². The Morgan fingerprint density at radius 1 is 1.12 bits per heavy atom. The van der Waals surface area contributed by atoms with Gasteiger partial charge in [0.15, 0.2) is 0 Å². The Bertz CT molecular complexity index is 671. The molecule has 0 aliphatic carbocycles. The molecule has 3 atom stereocenters. The number of anilines is 1. The van der Waals surface area contributed by atoms with Gasteiger partial charge in [0.1, 0.15) is 0 Å². The van der Waals surface area contributed by atoms with E-state index in [0.717, 1.165) is 25.2 Å². The number of aliphatic hydroxyl groups is 1. The molecule has 0 spiro atoms. The molecule has 1 heterocycles. The molecule has 1 unspecified atom stereocenters. The van der Waals surface area contributed by atoms with Crippen LogP contribution in [0.1, 0.15) is 36.1 Å². The van der Waals surface area contributed by atoms with Gasteiger partial charge in [-0.3, -0.25) is 4.90 Å². The van der Waals surface area contributed by atoms with Crippen molar-refractivity contribution in [3.63, 3.8) is 0 Å². The number of nitrogens with zero attached hydrogens (tertiary/aromatic N) is 1. The third-order valence-corrected chi connectivity index (χ3v) is 5.16. The monoisotopic (exact) mass is 324 g/mol. The van der Waals surface area contributed by atoms with Crippen molar-refractivity contribution in [1.82, 2.24) is 4.90 Å². The first-order valence-electron chi connectivity index (χ1n) is 8.85. The molecule has 1 aliphatic rings. The largest absolute Gasteiger partial charge is 0.391 e. The van der Waals surface area contributed by atoms with E-state index in [4.69, 9.17) is 0 Å². The van der Waals surface area contributed by atoms with Gasteiger partial charge in [-0.1, -0.05) is 48.0 Å². The highest BCUT2D eigenvalue weighted by Gasteiger charge is 2.30. The van der Waals surface area contributed by atoms with Crippen LogP contribution in [0.15, 0.2) is 48.5 Å². The van der Waals surface area contributed by atoms with Crippen molar-refractivity contribution in [2.45, 2.75) is 45.4 Å². The maximum Gasteiger partial charge on any atom is 0.0765 e. The van der Waals surface area contributed by atoms with Crippen molar-refractivity contribution in [2.75, 3.05) is 18.4 Å². The number of hydrogen-bond donors (Lipinski definition) is 2. The van der Waals surface area contributed by atoms with Crippen molar-refractivity contribution in [3.8, 4) is 0 Å². The van der Waals surface area contributed by atoms with E-state index in [9.17, 15) is 5.11 Å². The maximum atomic E-state index is 10.5. The predicted octanol–water partition coefficient (Wildman–Crippen LogP) is 3.91. The van der Waals surface area contributed by atoms with Crippen molar-refractivity contribution in [3.05, 3.63) is 65.2 Å². The number of rotatable bonds is 4. The summed E-state index contributed by atoms with van der Waals surface area (Å²) in [6.45, 7) is 8.26. The normalized spacial score (nSPS) is 23.0. The second-order valence-electron chi connectivity index (χ2n) is 7.01. The molecule has 3 nitrogen and oxygen atoms in total. The zero-order valence-corrected chi connectivity index (χ0v) is 14.9. The molecule has 2 N–H and O–H groups in total. The molecule has 3 rings (SSSR count). The summed E-state index contributed by atoms with van der Waals surface area (Å²) in [5.74, 6) is 0. The Morgan fingerprint density at radius 3 is 2.58 bits per heavy atom. The highest BCUT2D eigenvalue weighted by Crippen LogP contribution is 2.26. The summed E-state index contributed by atoms with van der Waals surface area (Å²) in [4.78, 5) is 2.46. The molecule has 128 valence electrons. The van der Waals surface area contributed by atoms with E-state index in [1.165, 1.54) is 16.7 Å². The molecular weight excluding hydrogens is 296 g/mol. The SMILES string of the molecule is Cc1ccc(N[C@@H]2CN(C(C)c3ccccc3)CC[C@H]2O)c(C)c1. The van der Waals surface area contributed by atoms with Gasteiger partial charge >= 0.3 is 0 Å². The zero-order chi connectivity index (χ0) is 17.1. The number of nitrogens with one attached hydrogen (secondary N) is 1. The van der Waals surface area contributed by atoms with Crippen molar-refractivity contribution < 1.29 is 5.11 Å². The van der Waals surface area contributed by atoms with Crippen LogP contribution in [0.5, 0.6) is 0 Å². The molecule has 24 heavy (non-hydrogen) atoms. The van der Waals surface area contributed by atoms with E-state index < -0.39 is 0 Å². The quantitative estimate of drug-likeness (QED) is 0.895. The standard InChI is InChI=1S/C21H28N2O/c1-15-9-10-19(16(2)13-15)22-20-14-23(12-11-21(20)24)17(3)18-7-5-4-6-8-18/h4-10,13,17,20-22,24H,11-12,14H2,1-3H3/t17?,20-,21-/m1/s1. The van der Waals surface area contributed by atoms with Gasteiger partial charge < -0.3 is 10.4 Å². The smallest absolute Gasteiger partial charge is 0.0765 e. The van der Waals surface area contributed by atoms with Gasteiger partial charge in [0.25, 0.3) is 0 Å². The Kier molecular flexibility index (Phi) is 5.22. The molecule has 0 radical (unpaired) electrons. The van der Waals surface area contributed by atoms with Crippen molar-refractivity contribution in [1.29, 1.82) is 0 Å². The average molecular weight is 324 g/mol. The summed E-state index contributed by atoms with van der Waals surface area (Å²) in [7, 11) is 0. The number of hydrogen-bond acceptors (Lipinski definition) is 3. The fourth-order valence-electron chi connectivity index (χ4n) is 3.58. The van der Waals surface area contributed by atoms with Crippen molar-refractivity contribution >= 4 is 5.69 Å². The number of benzene rings is 2. The summed E-state index contributed by atoms with van der Waals surface area (Å²) in [5.41, 5.74) is 4.95. The fraction of sp³-hybridized carbons (Fsp3) is 0.429. The first-order valence-corrected chi connectivity index (χ1v) is 8.85. The minimum Gasteiger partial charge on any atom is -0.391 e. The lowest BCUT2D eigenvalue weighted by Crippen LogP contribution is -2.51. The summed E-state index contributed by atoms with van der Waals surface area (Å²) < 4.78 is 0. The maximum absolute atomic E-state index is 10.5. The third kappa shape index (κ3) is 3.80. The van der Waals surface area contributed by atoms with Crippen LogP contribution in [0.2, 0.25) is 0 Å². The van der Waals surface area contributed by atoms with Gasteiger partial charge in [0, 0.05) is 24.8 Å². The first kappa shape index (κ1) is 17.0. The van der Waals surface area contributed by atoms with Gasteiger partial charge in [-0.15, -0.1) is 0 Å². The number of likely N-dealkylation sites (tertiary alicyclic amines) is 1. The van der Waals surface area contributed by atoms with Crippen LogP contribution in [-0.4, -0.2) is 35.2 Å². The summed E-state index contributed by atoms with van der Waals surface area (Å²) in [6, 6.07) is 17.5. The molecule has 2 aromatic carbocycles. The molecule has 0 amide bonds. The minimum atomic E-state index is -0.301. The van der Waals surface area contributed by atoms with Gasteiger partial charge in [-0.2, -0.15) is 0 Å². The van der Waals surface area contributed by atoms with Crippen LogP contribution in [0.4, 0.5) is 5.69 Å². The topological polar surface area (TPSA) is 35.5 Å². The molecule has 1 fully saturated rings. The molecule has 2 aromatic rings. The number of piperidine rings is 1.